The van der Waals surface area contributed by atoms with E-state index in [2.05, 4.69) is 43.8 Å². The molecule has 1 aromatic carbocycles. The molecule has 0 bridgehead atoms. The molecule has 3 heterocycles. The van der Waals surface area contributed by atoms with E-state index in [0.717, 1.165) is 34.4 Å². The number of hydrogen-bond donors (Lipinski definition) is 1. The summed E-state index contributed by atoms with van der Waals surface area (Å²) in [6.07, 6.45) is 3.67. The molecular weight excluding hydrogens is 354 g/mol. The van der Waals surface area contributed by atoms with Gasteiger partial charge in [0.25, 0.3) is 0 Å². The Morgan fingerprint density at radius 2 is 2.11 bits per heavy atom. The normalized spacial score (nSPS) is 17.8. The molecule has 0 saturated carbocycles. The molecule has 1 fully saturated rings. The number of carbonyl (C=O) groups is 1. The Morgan fingerprint density at radius 1 is 1.25 bits per heavy atom. The third kappa shape index (κ3) is 3.76. The predicted molar refractivity (Wildman–Crippen MR) is 109 cm³/mol. The van der Waals surface area contributed by atoms with Gasteiger partial charge in [-0.1, -0.05) is 12.1 Å². The average molecular weight is 379 g/mol. The smallest absolute Gasteiger partial charge is 0.239 e. The van der Waals surface area contributed by atoms with Crippen LogP contribution < -0.4 is 5.32 Å². The van der Waals surface area contributed by atoms with E-state index in [9.17, 15) is 4.79 Å². The summed E-state index contributed by atoms with van der Waals surface area (Å²) in [5.74, 6) is 1.48. The van der Waals surface area contributed by atoms with Crippen molar-refractivity contribution in [2.24, 2.45) is 7.05 Å². The molecule has 0 aliphatic carbocycles. The van der Waals surface area contributed by atoms with E-state index in [1.165, 1.54) is 0 Å². The fourth-order valence-electron chi connectivity index (χ4n) is 3.50. The quantitative estimate of drug-likeness (QED) is 0.754. The zero-order valence-electron chi connectivity index (χ0n) is 16.5. The van der Waals surface area contributed by atoms with Crippen LogP contribution in [0.5, 0.6) is 0 Å². The highest BCUT2D eigenvalue weighted by atomic mass is 16.5. The number of aryl methyl sites for hydroxylation is 1. The van der Waals surface area contributed by atoms with Crippen LogP contribution in [0.4, 0.5) is 5.82 Å². The van der Waals surface area contributed by atoms with Crippen LogP contribution in [-0.4, -0.2) is 57.7 Å². The van der Waals surface area contributed by atoms with Crippen LogP contribution in [0.2, 0.25) is 0 Å². The number of imidazole rings is 1. The van der Waals surface area contributed by atoms with E-state index in [0.29, 0.717) is 25.6 Å². The second kappa shape index (κ2) is 7.69. The lowest BCUT2D eigenvalue weighted by atomic mass is 10.1. The molecule has 1 saturated heterocycles. The zero-order valence-corrected chi connectivity index (χ0v) is 16.5. The monoisotopic (exact) mass is 379 g/mol. The number of hydrogen-bond acceptors (Lipinski definition) is 5. The maximum Gasteiger partial charge on any atom is 0.239 e. The van der Waals surface area contributed by atoms with Gasteiger partial charge < -0.3 is 14.6 Å². The van der Waals surface area contributed by atoms with Gasteiger partial charge in [-0.15, -0.1) is 0 Å². The predicted octanol–water partition coefficient (Wildman–Crippen LogP) is 2.60. The molecule has 1 atom stereocenters. The second-order valence-electron chi connectivity index (χ2n) is 7.32. The highest BCUT2D eigenvalue weighted by Crippen LogP contribution is 2.25. The summed E-state index contributed by atoms with van der Waals surface area (Å²) >= 11 is 0. The third-order valence-corrected chi connectivity index (χ3v) is 5.36. The Hall–Kier alpha value is -2.77. The minimum absolute atomic E-state index is 0.0565. The van der Waals surface area contributed by atoms with Gasteiger partial charge in [-0.25, -0.2) is 9.97 Å². The zero-order chi connectivity index (χ0) is 19.7. The van der Waals surface area contributed by atoms with Crippen molar-refractivity contribution in [3.05, 3.63) is 42.5 Å². The Morgan fingerprint density at radius 3 is 2.86 bits per heavy atom. The number of carbonyl (C=O) groups excluding carboxylic acids is 1. The molecule has 1 aliphatic rings. The lowest BCUT2D eigenvalue weighted by molar-refractivity contribution is -0.119. The van der Waals surface area contributed by atoms with Crippen LogP contribution in [-0.2, 0) is 16.6 Å². The van der Waals surface area contributed by atoms with Crippen LogP contribution in [0.1, 0.15) is 12.7 Å². The average Bonchev–Trinajstić information content (AvgIpc) is 3.02. The summed E-state index contributed by atoms with van der Waals surface area (Å²) in [6.45, 7) is 6.51. The number of benzene rings is 1. The van der Waals surface area contributed by atoms with Crippen molar-refractivity contribution in [3.63, 3.8) is 0 Å². The Labute approximate surface area is 164 Å². The lowest BCUT2D eigenvalue weighted by Gasteiger charge is -2.32. The van der Waals surface area contributed by atoms with Crippen molar-refractivity contribution in [1.82, 2.24) is 19.4 Å². The summed E-state index contributed by atoms with van der Waals surface area (Å²) in [6, 6.07) is 8.38. The standard InChI is InChI=1S/C21H25N5O2/c1-14-13-28-7-6-26(14)12-21(27)24-20-9-18-8-16(4-5-17(18)10-23-20)19-11-22-15(2)25(19)3/h4-5,8-11,14H,6-7,12-13H2,1-3H3,(H,23,24,27). The number of anilines is 1. The highest BCUT2D eigenvalue weighted by molar-refractivity contribution is 5.94. The third-order valence-electron chi connectivity index (χ3n) is 5.36. The van der Waals surface area contributed by atoms with E-state index in [4.69, 9.17) is 4.74 Å². The first-order valence-electron chi connectivity index (χ1n) is 9.51. The van der Waals surface area contributed by atoms with Crippen molar-refractivity contribution in [1.29, 1.82) is 0 Å². The molecule has 1 unspecified atom stereocenters. The second-order valence-corrected chi connectivity index (χ2v) is 7.32. The SMILES string of the molecule is Cc1ncc(-c2ccc3cnc(NC(=O)CN4CCOCC4C)cc3c2)n1C. The molecule has 7 heteroatoms. The summed E-state index contributed by atoms with van der Waals surface area (Å²) in [5.41, 5.74) is 2.14. The van der Waals surface area contributed by atoms with Crippen molar-refractivity contribution in [3.8, 4) is 11.3 Å². The van der Waals surface area contributed by atoms with Gasteiger partial charge in [0.2, 0.25) is 5.91 Å². The van der Waals surface area contributed by atoms with Gasteiger partial charge in [0, 0.05) is 36.8 Å². The number of aromatic nitrogens is 3. The summed E-state index contributed by atoms with van der Waals surface area (Å²) < 4.78 is 7.49. The number of amides is 1. The Balaban J connectivity index is 1.53. The van der Waals surface area contributed by atoms with Gasteiger partial charge in [-0.05, 0) is 31.4 Å². The van der Waals surface area contributed by atoms with Gasteiger partial charge in [0.05, 0.1) is 31.6 Å². The van der Waals surface area contributed by atoms with Crippen LogP contribution in [0.25, 0.3) is 22.0 Å². The number of ether oxygens (including phenoxy) is 1. The van der Waals surface area contributed by atoms with Crippen molar-refractivity contribution < 1.29 is 9.53 Å². The van der Waals surface area contributed by atoms with E-state index in [1.807, 2.05) is 32.3 Å². The van der Waals surface area contributed by atoms with Crippen molar-refractivity contribution >= 4 is 22.5 Å². The van der Waals surface area contributed by atoms with Crippen molar-refractivity contribution in [2.45, 2.75) is 19.9 Å². The molecule has 1 aliphatic heterocycles. The summed E-state index contributed by atoms with van der Waals surface area (Å²) in [4.78, 5) is 23.3. The number of morpholine rings is 1. The molecule has 4 rings (SSSR count). The Bertz CT molecular complexity index is 1010. The van der Waals surface area contributed by atoms with Crippen molar-refractivity contribution in [2.75, 3.05) is 31.6 Å². The fourth-order valence-corrected chi connectivity index (χ4v) is 3.50. The van der Waals surface area contributed by atoms with Crippen LogP contribution in [0.15, 0.2) is 36.7 Å². The number of nitrogens with zero attached hydrogens (tertiary/aromatic N) is 4. The molecule has 146 valence electrons. The lowest BCUT2D eigenvalue weighted by Crippen LogP contribution is -2.47. The minimum Gasteiger partial charge on any atom is -0.379 e. The van der Waals surface area contributed by atoms with Crippen LogP contribution >= 0.6 is 0 Å². The van der Waals surface area contributed by atoms with E-state index in [-0.39, 0.29) is 11.9 Å². The number of nitrogens with one attached hydrogen (secondary N) is 1. The van der Waals surface area contributed by atoms with Crippen LogP contribution in [0.3, 0.4) is 0 Å². The van der Waals surface area contributed by atoms with Gasteiger partial charge >= 0.3 is 0 Å². The van der Waals surface area contributed by atoms with Gasteiger partial charge in [-0.2, -0.15) is 0 Å². The Kier molecular flexibility index (Phi) is 5.11. The fraction of sp³-hybridized carbons (Fsp3) is 0.381. The molecule has 1 N–H and O–H groups in total. The number of fused-ring (bicyclic) bond motifs is 1. The molecule has 0 radical (unpaired) electrons. The van der Waals surface area contributed by atoms with Gasteiger partial charge in [-0.3, -0.25) is 9.69 Å². The summed E-state index contributed by atoms with van der Waals surface area (Å²) in [7, 11) is 2.01. The topological polar surface area (TPSA) is 72.3 Å². The number of pyridine rings is 1. The molecule has 2 aromatic heterocycles. The maximum absolute atomic E-state index is 12.5. The van der Waals surface area contributed by atoms with E-state index >= 15 is 0 Å². The van der Waals surface area contributed by atoms with Gasteiger partial charge in [0.1, 0.15) is 11.6 Å². The first kappa shape index (κ1) is 18.6. The van der Waals surface area contributed by atoms with Crippen LogP contribution in [0, 0.1) is 6.92 Å². The first-order chi connectivity index (χ1) is 13.5. The molecule has 28 heavy (non-hydrogen) atoms. The first-order valence-corrected chi connectivity index (χ1v) is 9.51. The molecule has 3 aromatic rings. The molecule has 7 nitrogen and oxygen atoms in total. The van der Waals surface area contributed by atoms with Gasteiger partial charge in [0.15, 0.2) is 0 Å². The molecule has 1 amide bonds. The van der Waals surface area contributed by atoms with E-state index < -0.39 is 0 Å². The summed E-state index contributed by atoms with van der Waals surface area (Å²) in [5, 5.41) is 4.99. The molecular formula is C21H25N5O2. The molecule has 0 spiro atoms. The number of rotatable bonds is 4. The minimum atomic E-state index is -0.0565. The van der Waals surface area contributed by atoms with E-state index in [1.54, 1.807) is 6.20 Å². The highest BCUT2D eigenvalue weighted by Gasteiger charge is 2.21. The maximum atomic E-state index is 12.5. The largest absolute Gasteiger partial charge is 0.379 e.